The molecule has 1 rings (SSSR count). The second kappa shape index (κ2) is 4.76. The smallest absolute Gasteiger partial charge is 0.0644 e. The summed E-state index contributed by atoms with van der Waals surface area (Å²) in [6.07, 6.45) is -0.0101. The topological polar surface area (TPSA) is 93.3 Å². The van der Waals surface area contributed by atoms with Crippen LogP contribution in [0.2, 0.25) is 0 Å². The standard InChI is InChI=1S/C10H25N5/c1-7(11)10(8(2)12)6-14-4-5-15(10)9(3)13/h7-9,14H,4-6,11-13H2,1-3H3. The fourth-order valence-corrected chi connectivity index (χ4v) is 2.64. The molecule has 0 aromatic rings. The zero-order valence-electron chi connectivity index (χ0n) is 10.0. The first kappa shape index (κ1) is 12.9. The number of nitrogens with two attached hydrogens (primary N) is 3. The predicted molar refractivity (Wildman–Crippen MR) is 63.3 cm³/mol. The molecule has 1 heterocycles. The fourth-order valence-electron chi connectivity index (χ4n) is 2.64. The molecule has 90 valence electrons. The molecular weight excluding hydrogens is 190 g/mol. The molecule has 1 aliphatic rings. The van der Waals surface area contributed by atoms with Gasteiger partial charge >= 0.3 is 0 Å². The molecule has 15 heavy (non-hydrogen) atoms. The van der Waals surface area contributed by atoms with Crippen LogP contribution in [0.15, 0.2) is 0 Å². The largest absolute Gasteiger partial charge is 0.326 e. The lowest BCUT2D eigenvalue weighted by molar-refractivity contribution is -0.00333. The Morgan fingerprint density at radius 2 is 1.67 bits per heavy atom. The molecule has 0 aromatic carbocycles. The Kier molecular flexibility index (Phi) is 4.08. The quantitative estimate of drug-likeness (QED) is 0.466. The van der Waals surface area contributed by atoms with Crippen molar-refractivity contribution in [2.75, 3.05) is 19.6 Å². The Hall–Kier alpha value is -0.200. The van der Waals surface area contributed by atoms with Gasteiger partial charge < -0.3 is 22.5 Å². The third kappa shape index (κ3) is 2.16. The second-order valence-corrected chi connectivity index (χ2v) is 4.68. The Bertz CT molecular complexity index is 194. The van der Waals surface area contributed by atoms with Crippen LogP contribution in [0, 0.1) is 0 Å². The average molecular weight is 215 g/mol. The lowest BCUT2D eigenvalue weighted by atomic mass is 9.81. The van der Waals surface area contributed by atoms with E-state index in [2.05, 4.69) is 10.2 Å². The van der Waals surface area contributed by atoms with Crippen molar-refractivity contribution in [1.82, 2.24) is 10.2 Å². The second-order valence-electron chi connectivity index (χ2n) is 4.68. The first-order valence-electron chi connectivity index (χ1n) is 5.67. The van der Waals surface area contributed by atoms with E-state index in [-0.39, 0.29) is 23.8 Å². The molecule has 3 atom stereocenters. The number of rotatable bonds is 3. The molecule has 0 amide bonds. The number of hydrogen-bond acceptors (Lipinski definition) is 5. The molecule has 5 heteroatoms. The number of nitrogens with zero attached hydrogens (tertiary/aromatic N) is 1. The summed E-state index contributed by atoms with van der Waals surface area (Å²) in [5.74, 6) is 0. The molecule has 1 fully saturated rings. The first-order chi connectivity index (χ1) is 6.93. The summed E-state index contributed by atoms with van der Waals surface area (Å²) in [7, 11) is 0. The van der Waals surface area contributed by atoms with Crippen molar-refractivity contribution in [2.24, 2.45) is 17.2 Å². The summed E-state index contributed by atoms with van der Waals surface area (Å²) in [5.41, 5.74) is 18.0. The molecule has 0 aliphatic carbocycles. The van der Waals surface area contributed by atoms with E-state index >= 15 is 0 Å². The van der Waals surface area contributed by atoms with Crippen LogP contribution in [-0.4, -0.2) is 48.3 Å². The van der Waals surface area contributed by atoms with Crippen LogP contribution in [0.25, 0.3) is 0 Å². The van der Waals surface area contributed by atoms with Crippen LogP contribution < -0.4 is 22.5 Å². The molecule has 5 nitrogen and oxygen atoms in total. The highest BCUT2D eigenvalue weighted by Gasteiger charge is 2.46. The summed E-state index contributed by atoms with van der Waals surface area (Å²) < 4.78 is 0. The fraction of sp³-hybridized carbons (Fsp3) is 1.00. The van der Waals surface area contributed by atoms with Crippen molar-refractivity contribution in [3.05, 3.63) is 0 Å². The zero-order valence-corrected chi connectivity index (χ0v) is 10.0. The van der Waals surface area contributed by atoms with Gasteiger partial charge in [0.25, 0.3) is 0 Å². The summed E-state index contributed by atoms with van der Waals surface area (Å²) in [5, 5.41) is 3.37. The van der Waals surface area contributed by atoms with Crippen molar-refractivity contribution < 1.29 is 0 Å². The van der Waals surface area contributed by atoms with E-state index in [4.69, 9.17) is 17.2 Å². The van der Waals surface area contributed by atoms with Crippen LogP contribution in [0.4, 0.5) is 0 Å². The van der Waals surface area contributed by atoms with Gasteiger partial charge in [-0.1, -0.05) is 0 Å². The van der Waals surface area contributed by atoms with Crippen molar-refractivity contribution in [2.45, 2.75) is 44.6 Å². The van der Waals surface area contributed by atoms with Gasteiger partial charge in [0.15, 0.2) is 0 Å². The Morgan fingerprint density at radius 1 is 1.13 bits per heavy atom. The summed E-state index contributed by atoms with van der Waals surface area (Å²) in [4.78, 5) is 2.23. The predicted octanol–water partition coefficient (Wildman–Crippen LogP) is -1.37. The van der Waals surface area contributed by atoms with Gasteiger partial charge in [0, 0.05) is 31.7 Å². The molecule has 7 N–H and O–H groups in total. The van der Waals surface area contributed by atoms with Crippen molar-refractivity contribution in [3.8, 4) is 0 Å². The Labute approximate surface area is 92.3 Å². The van der Waals surface area contributed by atoms with Gasteiger partial charge in [0.1, 0.15) is 0 Å². The third-order valence-corrected chi connectivity index (χ3v) is 3.54. The Morgan fingerprint density at radius 3 is 2.00 bits per heavy atom. The highest BCUT2D eigenvalue weighted by Crippen LogP contribution is 2.25. The number of nitrogens with one attached hydrogen (secondary N) is 1. The molecule has 0 bridgehead atoms. The lowest BCUT2D eigenvalue weighted by Gasteiger charge is -2.54. The summed E-state index contributed by atoms with van der Waals surface area (Å²) in [6.45, 7) is 8.66. The minimum atomic E-state index is -0.230. The first-order valence-corrected chi connectivity index (χ1v) is 5.67. The maximum absolute atomic E-state index is 6.11. The molecule has 1 saturated heterocycles. The molecular formula is C10H25N5. The van der Waals surface area contributed by atoms with E-state index in [0.717, 1.165) is 19.6 Å². The number of hydrogen-bond donors (Lipinski definition) is 4. The van der Waals surface area contributed by atoms with Crippen LogP contribution >= 0.6 is 0 Å². The van der Waals surface area contributed by atoms with Gasteiger partial charge in [-0.15, -0.1) is 0 Å². The Balaban J connectivity index is 2.99. The van der Waals surface area contributed by atoms with Crippen LogP contribution in [0.1, 0.15) is 20.8 Å². The minimum Gasteiger partial charge on any atom is -0.326 e. The minimum absolute atomic E-state index is 0.00343. The summed E-state index contributed by atoms with van der Waals surface area (Å²) >= 11 is 0. The highest BCUT2D eigenvalue weighted by molar-refractivity contribution is 5.07. The van der Waals surface area contributed by atoms with Gasteiger partial charge in [0.2, 0.25) is 0 Å². The van der Waals surface area contributed by atoms with Gasteiger partial charge in [-0.25, -0.2) is 0 Å². The summed E-state index contributed by atoms with van der Waals surface area (Å²) in [6, 6.07) is -0.00685. The van der Waals surface area contributed by atoms with E-state index < -0.39 is 0 Å². The van der Waals surface area contributed by atoms with E-state index in [1.165, 1.54) is 0 Å². The van der Waals surface area contributed by atoms with Crippen molar-refractivity contribution in [1.29, 1.82) is 0 Å². The van der Waals surface area contributed by atoms with Gasteiger partial charge in [0.05, 0.1) is 11.7 Å². The molecule has 1 aliphatic heterocycles. The average Bonchev–Trinajstić information content (AvgIpc) is 2.16. The third-order valence-electron chi connectivity index (χ3n) is 3.54. The molecule has 0 aromatic heterocycles. The van der Waals surface area contributed by atoms with E-state index in [1.54, 1.807) is 0 Å². The van der Waals surface area contributed by atoms with Crippen LogP contribution in [0.5, 0.6) is 0 Å². The zero-order chi connectivity index (χ0) is 11.6. The van der Waals surface area contributed by atoms with E-state index in [0.29, 0.717) is 0 Å². The van der Waals surface area contributed by atoms with Gasteiger partial charge in [-0.3, -0.25) is 4.90 Å². The van der Waals surface area contributed by atoms with Crippen molar-refractivity contribution >= 4 is 0 Å². The maximum Gasteiger partial charge on any atom is 0.0644 e. The van der Waals surface area contributed by atoms with Gasteiger partial charge in [-0.2, -0.15) is 0 Å². The molecule has 0 radical (unpaired) electrons. The normalized spacial score (nSPS) is 34.8. The van der Waals surface area contributed by atoms with Crippen molar-refractivity contribution in [3.63, 3.8) is 0 Å². The maximum atomic E-state index is 6.11. The monoisotopic (exact) mass is 215 g/mol. The molecule has 0 saturated carbocycles. The molecule has 3 unspecified atom stereocenters. The van der Waals surface area contributed by atoms with Crippen LogP contribution in [-0.2, 0) is 0 Å². The van der Waals surface area contributed by atoms with Gasteiger partial charge in [-0.05, 0) is 20.8 Å². The number of piperazine rings is 1. The lowest BCUT2D eigenvalue weighted by Crippen LogP contribution is -2.76. The molecule has 0 spiro atoms. The van der Waals surface area contributed by atoms with E-state index in [1.807, 2.05) is 20.8 Å². The van der Waals surface area contributed by atoms with Crippen LogP contribution in [0.3, 0.4) is 0 Å². The SMILES string of the molecule is CC(N)N1CCNCC1(C(C)N)C(C)N. The highest BCUT2D eigenvalue weighted by atomic mass is 15.3. The van der Waals surface area contributed by atoms with E-state index in [9.17, 15) is 0 Å².